The Labute approximate surface area is 141 Å². The molecule has 2 aliphatic rings. The maximum Gasteiger partial charge on any atom is 0.264 e. The van der Waals surface area contributed by atoms with E-state index in [4.69, 9.17) is 5.73 Å². The summed E-state index contributed by atoms with van der Waals surface area (Å²) in [4.78, 5) is 17.2. The number of hydrogen-bond donors (Lipinski definition) is 1. The molecule has 2 heterocycles. The molecule has 0 spiro atoms. The zero-order valence-corrected chi connectivity index (χ0v) is 14.1. The molecule has 23 heavy (non-hydrogen) atoms. The summed E-state index contributed by atoms with van der Waals surface area (Å²) in [5.41, 5.74) is 9.92. The fourth-order valence-corrected chi connectivity index (χ4v) is 5.06. The average Bonchev–Trinajstić information content (AvgIpc) is 3.05. The van der Waals surface area contributed by atoms with Gasteiger partial charge in [-0.25, -0.2) is 0 Å². The van der Waals surface area contributed by atoms with Gasteiger partial charge in [0.1, 0.15) is 0 Å². The third-order valence-corrected chi connectivity index (χ3v) is 6.30. The van der Waals surface area contributed by atoms with Crippen LogP contribution in [-0.2, 0) is 12.8 Å². The van der Waals surface area contributed by atoms with Crippen molar-refractivity contribution in [3.8, 4) is 10.4 Å². The average molecular weight is 326 g/mol. The highest BCUT2D eigenvalue weighted by Crippen LogP contribution is 2.40. The van der Waals surface area contributed by atoms with Crippen LogP contribution in [0.15, 0.2) is 30.3 Å². The van der Waals surface area contributed by atoms with E-state index in [1.807, 2.05) is 4.90 Å². The van der Waals surface area contributed by atoms with Crippen molar-refractivity contribution in [1.29, 1.82) is 0 Å². The van der Waals surface area contributed by atoms with E-state index in [-0.39, 0.29) is 11.9 Å². The molecule has 120 valence electrons. The first-order valence-corrected chi connectivity index (χ1v) is 9.31. The maximum absolute atomic E-state index is 13.0. The number of carbonyl (C=O) groups is 1. The van der Waals surface area contributed by atoms with Crippen LogP contribution in [0.5, 0.6) is 0 Å². The number of amides is 1. The summed E-state index contributed by atoms with van der Waals surface area (Å²) in [7, 11) is 0. The van der Waals surface area contributed by atoms with E-state index < -0.39 is 0 Å². The molecule has 0 bridgehead atoms. The van der Waals surface area contributed by atoms with Crippen LogP contribution in [0.25, 0.3) is 10.4 Å². The molecule has 1 aliphatic heterocycles. The SMILES string of the molecule is NCC1CCCCN1C(=O)c1cc2c(s1)-c1ccccc1CC2. The third kappa shape index (κ3) is 2.60. The zero-order chi connectivity index (χ0) is 15.8. The Hall–Kier alpha value is -1.65. The van der Waals surface area contributed by atoms with Gasteiger partial charge in [-0.2, -0.15) is 0 Å². The molecule has 1 unspecified atom stereocenters. The quantitative estimate of drug-likeness (QED) is 0.918. The van der Waals surface area contributed by atoms with Crippen molar-refractivity contribution in [2.75, 3.05) is 13.1 Å². The van der Waals surface area contributed by atoms with Crippen LogP contribution in [-0.4, -0.2) is 29.9 Å². The molecule has 1 aliphatic carbocycles. The Morgan fingerprint density at radius 2 is 2.04 bits per heavy atom. The molecule has 0 saturated carbocycles. The van der Waals surface area contributed by atoms with Crippen molar-refractivity contribution in [2.24, 2.45) is 5.73 Å². The summed E-state index contributed by atoms with van der Waals surface area (Å²) in [5, 5.41) is 0. The minimum Gasteiger partial charge on any atom is -0.334 e. The minimum atomic E-state index is 0.178. The van der Waals surface area contributed by atoms with Gasteiger partial charge in [-0.15, -0.1) is 11.3 Å². The summed E-state index contributed by atoms with van der Waals surface area (Å²) in [5.74, 6) is 0.178. The summed E-state index contributed by atoms with van der Waals surface area (Å²) in [6.07, 6.45) is 5.42. The number of aryl methyl sites for hydroxylation is 2. The highest BCUT2D eigenvalue weighted by atomic mass is 32.1. The van der Waals surface area contributed by atoms with Crippen LogP contribution in [0.4, 0.5) is 0 Å². The topological polar surface area (TPSA) is 46.3 Å². The Morgan fingerprint density at radius 3 is 2.91 bits per heavy atom. The van der Waals surface area contributed by atoms with Gasteiger partial charge in [0.2, 0.25) is 0 Å². The molecule has 1 amide bonds. The number of nitrogens with two attached hydrogens (primary N) is 1. The second kappa shape index (κ2) is 6.10. The van der Waals surface area contributed by atoms with E-state index in [0.29, 0.717) is 6.54 Å². The van der Waals surface area contributed by atoms with Gasteiger partial charge in [-0.05, 0) is 54.9 Å². The molecule has 4 rings (SSSR count). The van der Waals surface area contributed by atoms with E-state index in [2.05, 4.69) is 30.3 Å². The number of carbonyl (C=O) groups excluding carboxylic acids is 1. The molecular formula is C19H22N2OS. The van der Waals surface area contributed by atoms with Gasteiger partial charge < -0.3 is 10.6 Å². The van der Waals surface area contributed by atoms with Gasteiger partial charge in [0.25, 0.3) is 5.91 Å². The van der Waals surface area contributed by atoms with Crippen LogP contribution in [0.2, 0.25) is 0 Å². The summed E-state index contributed by atoms with van der Waals surface area (Å²) in [6, 6.07) is 10.9. The van der Waals surface area contributed by atoms with Crippen molar-refractivity contribution < 1.29 is 4.79 Å². The molecule has 1 saturated heterocycles. The summed E-state index contributed by atoms with van der Waals surface area (Å²) >= 11 is 1.66. The van der Waals surface area contributed by atoms with Crippen LogP contribution >= 0.6 is 11.3 Å². The summed E-state index contributed by atoms with van der Waals surface area (Å²) in [6.45, 7) is 1.42. The lowest BCUT2D eigenvalue weighted by molar-refractivity contribution is 0.0628. The second-order valence-electron chi connectivity index (χ2n) is 6.51. The van der Waals surface area contributed by atoms with Gasteiger partial charge in [-0.1, -0.05) is 24.3 Å². The number of nitrogens with zero attached hydrogens (tertiary/aromatic N) is 1. The van der Waals surface area contributed by atoms with Crippen LogP contribution in [0, 0.1) is 0 Å². The van der Waals surface area contributed by atoms with Crippen molar-refractivity contribution in [3.05, 3.63) is 46.3 Å². The van der Waals surface area contributed by atoms with Crippen molar-refractivity contribution in [3.63, 3.8) is 0 Å². The minimum absolute atomic E-state index is 0.178. The van der Waals surface area contributed by atoms with Crippen LogP contribution in [0.1, 0.15) is 40.1 Å². The van der Waals surface area contributed by atoms with E-state index in [0.717, 1.165) is 37.1 Å². The molecule has 0 radical (unpaired) electrons. The Balaban J connectivity index is 1.67. The fraction of sp³-hybridized carbons (Fsp3) is 0.421. The van der Waals surface area contributed by atoms with Gasteiger partial charge in [0.15, 0.2) is 0 Å². The van der Waals surface area contributed by atoms with Gasteiger partial charge in [0, 0.05) is 24.0 Å². The third-order valence-electron chi connectivity index (χ3n) is 5.11. The Bertz CT molecular complexity index is 737. The van der Waals surface area contributed by atoms with Gasteiger partial charge >= 0.3 is 0 Å². The number of likely N-dealkylation sites (tertiary alicyclic amines) is 1. The number of piperidine rings is 1. The number of thiophene rings is 1. The predicted molar refractivity (Wildman–Crippen MR) is 94.9 cm³/mol. The normalized spacial score (nSPS) is 20.0. The number of fused-ring (bicyclic) bond motifs is 3. The van der Waals surface area contributed by atoms with E-state index in [9.17, 15) is 4.79 Å². The molecule has 1 fully saturated rings. The first-order valence-electron chi connectivity index (χ1n) is 8.50. The highest BCUT2D eigenvalue weighted by molar-refractivity contribution is 7.17. The Morgan fingerprint density at radius 1 is 1.22 bits per heavy atom. The molecule has 3 nitrogen and oxygen atoms in total. The first-order chi connectivity index (χ1) is 11.3. The first kappa shape index (κ1) is 14.9. The largest absolute Gasteiger partial charge is 0.334 e. The zero-order valence-electron chi connectivity index (χ0n) is 13.3. The Kier molecular flexibility index (Phi) is 3.95. The number of benzene rings is 1. The molecule has 1 aromatic heterocycles. The molecule has 1 aromatic carbocycles. The number of hydrogen-bond acceptors (Lipinski definition) is 3. The van der Waals surface area contributed by atoms with Crippen molar-refractivity contribution in [1.82, 2.24) is 4.90 Å². The van der Waals surface area contributed by atoms with Gasteiger partial charge in [-0.3, -0.25) is 4.79 Å². The second-order valence-corrected chi connectivity index (χ2v) is 7.56. The smallest absolute Gasteiger partial charge is 0.264 e. The van der Waals surface area contributed by atoms with Crippen molar-refractivity contribution >= 4 is 17.2 Å². The monoisotopic (exact) mass is 326 g/mol. The molecule has 4 heteroatoms. The van der Waals surface area contributed by atoms with Crippen LogP contribution < -0.4 is 5.73 Å². The highest BCUT2D eigenvalue weighted by Gasteiger charge is 2.29. The van der Waals surface area contributed by atoms with E-state index in [1.54, 1.807) is 11.3 Å². The standard InChI is InChI=1S/C19H22N2OS/c20-12-15-6-3-4-10-21(15)19(22)17-11-14-9-8-13-5-1-2-7-16(13)18(14)23-17/h1-2,5,7,11,15H,3-4,6,8-10,12,20H2. The fourth-order valence-electron chi connectivity index (χ4n) is 3.83. The molecule has 1 atom stereocenters. The van der Waals surface area contributed by atoms with E-state index in [1.165, 1.54) is 28.0 Å². The summed E-state index contributed by atoms with van der Waals surface area (Å²) < 4.78 is 0. The number of rotatable bonds is 2. The van der Waals surface area contributed by atoms with Crippen molar-refractivity contribution in [2.45, 2.75) is 38.1 Å². The molecular weight excluding hydrogens is 304 g/mol. The molecule has 2 N–H and O–H groups in total. The lowest BCUT2D eigenvalue weighted by atomic mass is 9.91. The lowest BCUT2D eigenvalue weighted by Gasteiger charge is -2.34. The van der Waals surface area contributed by atoms with E-state index >= 15 is 0 Å². The molecule has 2 aromatic rings. The lowest BCUT2D eigenvalue weighted by Crippen LogP contribution is -2.47. The van der Waals surface area contributed by atoms with Gasteiger partial charge in [0.05, 0.1) is 4.88 Å². The maximum atomic E-state index is 13.0. The van der Waals surface area contributed by atoms with Crippen LogP contribution in [0.3, 0.4) is 0 Å². The predicted octanol–water partition coefficient (Wildman–Crippen LogP) is 3.47.